The van der Waals surface area contributed by atoms with E-state index in [1.165, 1.54) is 9.75 Å². The van der Waals surface area contributed by atoms with Crippen LogP contribution in [-0.4, -0.2) is 7.11 Å². The van der Waals surface area contributed by atoms with E-state index in [0.717, 1.165) is 16.4 Å². The van der Waals surface area contributed by atoms with Gasteiger partial charge >= 0.3 is 0 Å². The van der Waals surface area contributed by atoms with Gasteiger partial charge in [-0.15, -0.1) is 22.7 Å². The smallest absolute Gasteiger partial charge is 0.119 e. The Morgan fingerprint density at radius 3 is 2.47 bits per heavy atom. The number of rotatable bonds is 4. The number of methoxy groups -OCH3 is 1. The fourth-order valence-corrected chi connectivity index (χ4v) is 3.53. The summed E-state index contributed by atoms with van der Waals surface area (Å²) in [7, 11) is 1.68. The van der Waals surface area contributed by atoms with Crippen LogP contribution in [0.2, 0.25) is 0 Å². The Morgan fingerprint density at radius 1 is 0.947 bits per heavy atom. The first-order valence-electron chi connectivity index (χ1n) is 5.90. The lowest BCUT2D eigenvalue weighted by atomic mass is 10.3. The summed E-state index contributed by atoms with van der Waals surface area (Å²) in [5.74, 6) is 0.871. The number of anilines is 2. The van der Waals surface area contributed by atoms with Gasteiger partial charge in [-0.25, -0.2) is 0 Å². The van der Waals surface area contributed by atoms with Gasteiger partial charge in [0.15, 0.2) is 0 Å². The van der Waals surface area contributed by atoms with Crippen LogP contribution in [0.4, 0.5) is 10.7 Å². The van der Waals surface area contributed by atoms with E-state index in [2.05, 4.69) is 35.0 Å². The van der Waals surface area contributed by atoms with E-state index in [1.807, 2.05) is 24.3 Å². The van der Waals surface area contributed by atoms with Crippen LogP contribution in [0, 0.1) is 0 Å². The molecule has 0 aliphatic rings. The maximum Gasteiger partial charge on any atom is 0.119 e. The number of ether oxygens (including phenoxy) is 1. The zero-order valence-corrected chi connectivity index (χ0v) is 12.1. The summed E-state index contributed by atoms with van der Waals surface area (Å²) in [5.41, 5.74) is 1.07. The Kier molecular flexibility index (Phi) is 3.53. The predicted molar refractivity (Wildman–Crippen MR) is 83.9 cm³/mol. The Labute approximate surface area is 120 Å². The number of benzene rings is 1. The van der Waals surface area contributed by atoms with Crippen LogP contribution in [0.3, 0.4) is 0 Å². The van der Waals surface area contributed by atoms with Crippen LogP contribution in [0.15, 0.2) is 53.9 Å². The molecule has 0 amide bonds. The molecular weight excluding hydrogens is 274 g/mol. The molecule has 3 rings (SSSR count). The van der Waals surface area contributed by atoms with Gasteiger partial charge in [-0.2, -0.15) is 0 Å². The quantitative estimate of drug-likeness (QED) is 0.709. The molecule has 1 N–H and O–H groups in total. The van der Waals surface area contributed by atoms with Crippen LogP contribution in [-0.2, 0) is 0 Å². The van der Waals surface area contributed by atoms with Crippen LogP contribution < -0.4 is 10.1 Å². The third-order valence-electron chi connectivity index (χ3n) is 2.73. The van der Waals surface area contributed by atoms with Crippen LogP contribution in [0.5, 0.6) is 5.75 Å². The van der Waals surface area contributed by atoms with Gasteiger partial charge in [0.1, 0.15) is 5.75 Å². The average Bonchev–Trinajstić information content (AvgIpc) is 3.10. The normalized spacial score (nSPS) is 10.4. The van der Waals surface area contributed by atoms with Gasteiger partial charge in [0.2, 0.25) is 0 Å². The van der Waals surface area contributed by atoms with E-state index in [1.54, 1.807) is 29.8 Å². The zero-order chi connectivity index (χ0) is 13.1. The molecule has 96 valence electrons. The molecule has 0 saturated carbocycles. The molecule has 0 aliphatic heterocycles. The molecule has 0 atom stereocenters. The number of nitrogens with one attached hydrogen (secondary N) is 1. The molecule has 1 aromatic carbocycles. The number of hydrogen-bond donors (Lipinski definition) is 1. The molecule has 19 heavy (non-hydrogen) atoms. The molecule has 0 radical (unpaired) electrons. The van der Waals surface area contributed by atoms with Crippen molar-refractivity contribution >= 4 is 33.4 Å². The second-order valence-electron chi connectivity index (χ2n) is 3.99. The highest BCUT2D eigenvalue weighted by atomic mass is 32.1. The first-order valence-corrected chi connectivity index (χ1v) is 7.59. The first-order chi connectivity index (χ1) is 9.35. The number of thiophene rings is 2. The summed E-state index contributed by atoms with van der Waals surface area (Å²) in [6, 6.07) is 16.4. The Morgan fingerprint density at radius 2 is 1.79 bits per heavy atom. The van der Waals surface area contributed by atoms with Crippen molar-refractivity contribution in [2.24, 2.45) is 0 Å². The van der Waals surface area contributed by atoms with Crippen LogP contribution in [0.25, 0.3) is 9.75 Å². The Balaban J connectivity index is 1.76. The Hall–Kier alpha value is -1.78. The summed E-state index contributed by atoms with van der Waals surface area (Å²) in [6.45, 7) is 0. The molecule has 3 aromatic rings. The van der Waals surface area contributed by atoms with E-state index in [9.17, 15) is 0 Å². The van der Waals surface area contributed by atoms with Gasteiger partial charge in [0, 0.05) is 15.4 Å². The van der Waals surface area contributed by atoms with Gasteiger partial charge in [0.05, 0.1) is 12.1 Å². The van der Waals surface area contributed by atoms with Gasteiger partial charge in [-0.05, 0) is 47.8 Å². The van der Waals surface area contributed by atoms with E-state index in [0.29, 0.717) is 0 Å². The van der Waals surface area contributed by atoms with E-state index in [-0.39, 0.29) is 0 Å². The predicted octanol–water partition coefficient (Wildman–Crippen LogP) is 5.23. The minimum atomic E-state index is 0.871. The first kappa shape index (κ1) is 12.3. The van der Waals surface area contributed by atoms with Crippen molar-refractivity contribution in [2.75, 3.05) is 12.4 Å². The SMILES string of the molecule is COc1ccc(Nc2ccc(-c3cccs3)s2)cc1. The van der Waals surface area contributed by atoms with Crippen molar-refractivity contribution in [2.45, 2.75) is 0 Å². The van der Waals surface area contributed by atoms with Crippen LogP contribution >= 0.6 is 22.7 Å². The van der Waals surface area contributed by atoms with Crippen molar-refractivity contribution in [1.82, 2.24) is 0 Å². The summed E-state index contributed by atoms with van der Waals surface area (Å²) in [4.78, 5) is 2.61. The lowest BCUT2D eigenvalue weighted by molar-refractivity contribution is 0.415. The summed E-state index contributed by atoms with van der Waals surface area (Å²) in [6.07, 6.45) is 0. The van der Waals surface area contributed by atoms with Gasteiger partial charge in [0.25, 0.3) is 0 Å². The molecule has 0 fully saturated rings. The summed E-state index contributed by atoms with van der Waals surface area (Å²) < 4.78 is 5.15. The van der Waals surface area contributed by atoms with E-state index in [4.69, 9.17) is 4.74 Å². The highest BCUT2D eigenvalue weighted by molar-refractivity contribution is 7.23. The molecule has 2 aromatic heterocycles. The van der Waals surface area contributed by atoms with Crippen molar-refractivity contribution in [3.63, 3.8) is 0 Å². The third-order valence-corrected chi connectivity index (χ3v) is 4.79. The third kappa shape index (κ3) is 2.80. The second kappa shape index (κ2) is 5.47. The monoisotopic (exact) mass is 287 g/mol. The largest absolute Gasteiger partial charge is 0.497 e. The van der Waals surface area contributed by atoms with Crippen molar-refractivity contribution < 1.29 is 4.74 Å². The van der Waals surface area contributed by atoms with E-state index >= 15 is 0 Å². The minimum Gasteiger partial charge on any atom is -0.497 e. The topological polar surface area (TPSA) is 21.3 Å². The van der Waals surface area contributed by atoms with Gasteiger partial charge in [-0.1, -0.05) is 6.07 Å². The summed E-state index contributed by atoms with van der Waals surface area (Å²) >= 11 is 3.53. The molecule has 0 unspecified atom stereocenters. The fourth-order valence-electron chi connectivity index (χ4n) is 1.77. The molecule has 0 aliphatic carbocycles. The van der Waals surface area contributed by atoms with Crippen molar-refractivity contribution in [3.8, 4) is 15.5 Å². The second-order valence-corrected chi connectivity index (χ2v) is 6.03. The zero-order valence-electron chi connectivity index (χ0n) is 10.4. The van der Waals surface area contributed by atoms with Gasteiger partial charge in [-0.3, -0.25) is 0 Å². The van der Waals surface area contributed by atoms with Crippen LogP contribution in [0.1, 0.15) is 0 Å². The lowest BCUT2D eigenvalue weighted by Crippen LogP contribution is -1.87. The maximum atomic E-state index is 5.15. The molecule has 0 saturated heterocycles. The van der Waals surface area contributed by atoms with Crippen molar-refractivity contribution in [3.05, 3.63) is 53.9 Å². The fraction of sp³-hybridized carbons (Fsp3) is 0.0667. The lowest BCUT2D eigenvalue weighted by Gasteiger charge is -2.04. The Bertz CT molecular complexity index is 641. The molecule has 2 nitrogen and oxygen atoms in total. The highest BCUT2D eigenvalue weighted by Gasteiger charge is 2.04. The van der Waals surface area contributed by atoms with E-state index < -0.39 is 0 Å². The number of hydrogen-bond acceptors (Lipinski definition) is 4. The molecular formula is C15H13NOS2. The summed E-state index contributed by atoms with van der Waals surface area (Å²) in [5, 5.41) is 6.65. The molecule has 4 heteroatoms. The minimum absolute atomic E-state index is 0.871. The molecule has 0 bridgehead atoms. The maximum absolute atomic E-state index is 5.15. The van der Waals surface area contributed by atoms with Crippen molar-refractivity contribution in [1.29, 1.82) is 0 Å². The average molecular weight is 287 g/mol. The molecule has 2 heterocycles. The molecule has 0 spiro atoms. The standard InChI is InChI=1S/C15H13NOS2/c1-17-12-6-4-11(5-7-12)16-15-9-8-14(19-15)13-3-2-10-18-13/h2-10,16H,1H3. The van der Waals surface area contributed by atoms with Gasteiger partial charge < -0.3 is 10.1 Å². The highest BCUT2D eigenvalue weighted by Crippen LogP contribution is 2.35.